The van der Waals surface area contributed by atoms with Gasteiger partial charge in [-0.3, -0.25) is 9.48 Å². The van der Waals surface area contributed by atoms with Crippen molar-refractivity contribution in [3.8, 4) is 22.8 Å². The number of aromatic nitrogens is 4. The number of anilines is 3. The van der Waals surface area contributed by atoms with Gasteiger partial charge in [-0.1, -0.05) is 6.07 Å². The second-order valence-corrected chi connectivity index (χ2v) is 9.65. The molecule has 2 aromatic carbocycles. The molecule has 3 heterocycles. The minimum absolute atomic E-state index is 0.123. The van der Waals surface area contributed by atoms with Gasteiger partial charge >= 0.3 is 6.03 Å². The Hall–Kier alpha value is -4.77. The molecule has 0 aliphatic rings. The molecule has 11 heteroatoms. The highest BCUT2D eigenvalue weighted by molar-refractivity contribution is 7.16. The van der Waals surface area contributed by atoms with Gasteiger partial charge in [0.15, 0.2) is 0 Å². The monoisotopic (exact) mass is 527 g/mol. The van der Waals surface area contributed by atoms with Crippen LogP contribution in [0.15, 0.2) is 72.5 Å². The largest absolute Gasteiger partial charge is 0.457 e. The fourth-order valence-electron chi connectivity index (χ4n) is 3.72. The summed E-state index contributed by atoms with van der Waals surface area (Å²) in [5, 5.41) is 13.1. The molecule has 5 aromatic rings. The van der Waals surface area contributed by atoms with Crippen LogP contribution in [-0.4, -0.2) is 31.7 Å². The number of carbonyl (C=O) groups excluding carboxylic acids is 2. The van der Waals surface area contributed by atoms with Gasteiger partial charge in [-0.25, -0.2) is 14.8 Å². The summed E-state index contributed by atoms with van der Waals surface area (Å²) in [5.74, 6) is 1.27. The van der Waals surface area contributed by atoms with E-state index in [4.69, 9.17) is 9.84 Å². The zero-order valence-electron chi connectivity index (χ0n) is 20.9. The third-order valence-corrected chi connectivity index (χ3v) is 6.31. The van der Waals surface area contributed by atoms with Gasteiger partial charge in [-0.05, 0) is 56.3 Å². The Morgan fingerprint density at radius 3 is 2.53 bits per heavy atom. The molecule has 5 rings (SSSR count). The maximum atomic E-state index is 12.9. The van der Waals surface area contributed by atoms with Crippen LogP contribution in [0, 0.1) is 0 Å². The highest BCUT2D eigenvalue weighted by atomic mass is 32.1. The van der Waals surface area contributed by atoms with E-state index < -0.39 is 6.03 Å². The normalized spacial score (nSPS) is 10.9. The zero-order valence-corrected chi connectivity index (χ0v) is 21.7. The van der Waals surface area contributed by atoms with Gasteiger partial charge in [0.2, 0.25) is 5.91 Å². The second-order valence-electron chi connectivity index (χ2n) is 8.76. The summed E-state index contributed by atoms with van der Waals surface area (Å²) in [4.78, 5) is 32.6. The summed E-state index contributed by atoms with van der Waals surface area (Å²) in [7, 11) is 0. The van der Waals surface area contributed by atoms with E-state index in [-0.39, 0.29) is 11.9 Å². The zero-order chi connectivity index (χ0) is 26.6. The lowest BCUT2D eigenvalue weighted by atomic mass is 10.1. The van der Waals surface area contributed by atoms with Crippen LogP contribution in [0.4, 0.5) is 22.0 Å². The van der Waals surface area contributed by atoms with Crippen LogP contribution in [0.2, 0.25) is 0 Å². The third-order valence-electron chi connectivity index (χ3n) is 5.50. The van der Waals surface area contributed by atoms with E-state index in [0.717, 1.165) is 15.8 Å². The first-order chi connectivity index (χ1) is 18.3. The van der Waals surface area contributed by atoms with Crippen molar-refractivity contribution in [1.82, 2.24) is 19.7 Å². The molecule has 3 amide bonds. The number of ether oxygens (including phenoxy) is 1. The van der Waals surface area contributed by atoms with Crippen LogP contribution in [0.1, 0.15) is 26.8 Å². The summed E-state index contributed by atoms with van der Waals surface area (Å²) < 4.78 is 8.75. The first-order valence-corrected chi connectivity index (χ1v) is 12.7. The summed E-state index contributed by atoms with van der Waals surface area (Å²) in [5.41, 5.74) is 5.43. The number of thiazole rings is 1. The molecule has 0 aliphatic heterocycles. The van der Waals surface area contributed by atoms with Crippen molar-refractivity contribution in [2.24, 2.45) is 0 Å². The molecular weight excluding hydrogens is 502 g/mol. The molecular formula is C27H25N7O3S. The van der Waals surface area contributed by atoms with Crippen LogP contribution in [0.25, 0.3) is 21.5 Å². The summed E-state index contributed by atoms with van der Waals surface area (Å²) >= 11 is 1.58. The lowest BCUT2D eigenvalue weighted by Crippen LogP contribution is -2.19. The van der Waals surface area contributed by atoms with Gasteiger partial charge in [0.05, 0.1) is 21.4 Å². The van der Waals surface area contributed by atoms with E-state index in [0.29, 0.717) is 34.4 Å². The molecule has 10 nitrogen and oxygen atoms in total. The van der Waals surface area contributed by atoms with E-state index >= 15 is 0 Å². The standard InChI is InChI=1S/C27H25N7O3S/c1-16(2)34-14-23(26(33-34)18-4-9-24-22(12-18)29-15-38-24)32-27(36)31-19-5-7-20(8-6-19)37-21-10-11-28-25(13-21)30-17(3)35/h4-16H,1-3H3,(H,28,30,35)(H2,31,32,36). The second kappa shape index (κ2) is 10.7. The number of urea groups is 1. The number of carbonyl (C=O) groups is 2. The van der Waals surface area contributed by atoms with E-state index in [1.807, 2.05) is 48.4 Å². The van der Waals surface area contributed by atoms with Gasteiger partial charge in [0.25, 0.3) is 0 Å². The average molecular weight is 528 g/mol. The lowest BCUT2D eigenvalue weighted by Gasteiger charge is -2.10. The Morgan fingerprint density at radius 2 is 1.76 bits per heavy atom. The molecule has 192 valence electrons. The summed E-state index contributed by atoms with van der Waals surface area (Å²) in [6, 6.07) is 16.0. The molecule has 0 spiro atoms. The Bertz CT molecular complexity index is 1610. The van der Waals surface area contributed by atoms with Crippen molar-refractivity contribution in [2.75, 3.05) is 16.0 Å². The van der Waals surface area contributed by atoms with E-state index in [1.54, 1.807) is 53.9 Å². The molecule has 0 saturated heterocycles. The van der Waals surface area contributed by atoms with Crippen molar-refractivity contribution in [3.63, 3.8) is 0 Å². The first kappa shape index (κ1) is 24.9. The number of nitrogens with one attached hydrogen (secondary N) is 3. The Balaban J connectivity index is 1.28. The molecule has 0 aliphatic carbocycles. The van der Waals surface area contributed by atoms with Crippen molar-refractivity contribution >= 4 is 50.7 Å². The molecule has 0 fully saturated rings. The Kier molecular flexibility index (Phi) is 7.00. The van der Waals surface area contributed by atoms with Crippen LogP contribution < -0.4 is 20.7 Å². The molecule has 38 heavy (non-hydrogen) atoms. The van der Waals surface area contributed by atoms with Gasteiger partial charge in [-0.2, -0.15) is 5.10 Å². The van der Waals surface area contributed by atoms with Crippen LogP contribution >= 0.6 is 11.3 Å². The fourth-order valence-corrected chi connectivity index (χ4v) is 4.38. The number of benzene rings is 2. The van der Waals surface area contributed by atoms with Gasteiger partial charge in [0.1, 0.15) is 23.0 Å². The predicted molar refractivity (Wildman–Crippen MR) is 149 cm³/mol. The third kappa shape index (κ3) is 5.79. The quantitative estimate of drug-likeness (QED) is 0.221. The highest BCUT2D eigenvalue weighted by Crippen LogP contribution is 2.31. The van der Waals surface area contributed by atoms with E-state index in [1.165, 1.54) is 6.92 Å². The van der Waals surface area contributed by atoms with Crippen LogP contribution in [-0.2, 0) is 4.79 Å². The van der Waals surface area contributed by atoms with E-state index in [2.05, 4.69) is 25.9 Å². The topological polar surface area (TPSA) is 123 Å². The number of hydrogen-bond donors (Lipinski definition) is 3. The number of hydrogen-bond acceptors (Lipinski definition) is 7. The first-order valence-electron chi connectivity index (χ1n) is 11.9. The van der Waals surface area contributed by atoms with Gasteiger partial charge in [-0.15, -0.1) is 11.3 Å². The maximum absolute atomic E-state index is 12.9. The summed E-state index contributed by atoms with van der Waals surface area (Å²) in [6.45, 7) is 5.47. The molecule has 3 aromatic heterocycles. The molecule has 0 bridgehead atoms. The van der Waals surface area contributed by atoms with Crippen molar-refractivity contribution in [2.45, 2.75) is 26.8 Å². The minimum Gasteiger partial charge on any atom is -0.457 e. The van der Waals surface area contributed by atoms with Crippen LogP contribution in [0.5, 0.6) is 11.5 Å². The highest BCUT2D eigenvalue weighted by Gasteiger charge is 2.16. The van der Waals surface area contributed by atoms with Gasteiger partial charge < -0.3 is 20.7 Å². The van der Waals surface area contributed by atoms with Crippen LogP contribution in [0.3, 0.4) is 0 Å². The smallest absolute Gasteiger partial charge is 0.323 e. The summed E-state index contributed by atoms with van der Waals surface area (Å²) in [6.07, 6.45) is 3.37. The van der Waals surface area contributed by atoms with Crippen molar-refractivity contribution in [1.29, 1.82) is 0 Å². The Labute approximate surface area is 222 Å². The van der Waals surface area contributed by atoms with Crippen molar-refractivity contribution < 1.29 is 14.3 Å². The Morgan fingerprint density at radius 1 is 0.947 bits per heavy atom. The van der Waals surface area contributed by atoms with E-state index in [9.17, 15) is 9.59 Å². The number of amides is 3. The minimum atomic E-state index is -0.396. The number of fused-ring (bicyclic) bond motifs is 1. The molecule has 0 radical (unpaired) electrons. The van der Waals surface area contributed by atoms with Crippen molar-refractivity contribution in [3.05, 3.63) is 72.5 Å². The average Bonchev–Trinajstić information content (AvgIpc) is 3.52. The molecule has 3 N–H and O–H groups in total. The number of nitrogens with zero attached hydrogens (tertiary/aromatic N) is 4. The van der Waals surface area contributed by atoms with Gasteiger partial charge in [0, 0.05) is 42.7 Å². The maximum Gasteiger partial charge on any atom is 0.323 e. The predicted octanol–water partition coefficient (Wildman–Crippen LogP) is 6.53. The fraction of sp³-hybridized carbons (Fsp3) is 0.148. The lowest BCUT2D eigenvalue weighted by molar-refractivity contribution is -0.114. The number of rotatable bonds is 7. The number of pyridine rings is 1. The molecule has 0 unspecified atom stereocenters. The molecule has 0 atom stereocenters. The SMILES string of the molecule is CC(=O)Nc1cc(Oc2ccc(NC(=O)Nc3cn(C(C)C)nc3-c3ccc4scnc4c3)cc2)ccn1. The molecule has 0 saturated carbocycles.